The lowest BCUT2D eigenvalue weighted by atomic mass is 10.1. The van der Waals surface area contributed by atoms with Crippen LogP contribution in [0.4, 0.5) is 13.2 Å². The number of nitrogens with zero attached hydrogens (tertiary/aromatic N) is 1. The molecule has 0 atom stereocenters. The molecule has 0 aliphatic heterocycles. The van der Waals surface area contributed by atoms with Crippen molar-refractivity contribution in [3.8, 4) is 11.5 Å². The topological polar surface area (TPSA) is 50.8 Å². The minimum Gasteiger partial charge on any atom is -0.493 e. The highest BCUT2D eigenvalue weighted by Crippen LogP contribution is 2.31. The van der Waals surface area contributed by atoms with Gasteiger partial charge in [0.1, 0.15) is 0 Å². The number of rotatable bonds is 10. The Bertz CT molecular complexity index is 604. The Kier molecular flexibility index (Phi) is 7.14. The van der Waals surface area contributed by atoms with Crippen molar-refractivity contribution < 1.29 is 27.4 Å². The van der Waals surface area contributed by atoms with Crippen LogP contribution in [0.15, 0.2) is 18.2 Å². The van der Waals surface area contributed by atoms with E-state index in [0.717, 1.165) is 12.1 Å². The van der Waals surface area contributed by atoms with Gasteiger partial charge in [-0.1, -0.05) is 6.07 Å². The maximum atomic E-state index is 12.3. The number of amides is 1. The number of alkyl halides is 3. The van der Waals surface area contributed by atoms with E-state index in [-0.39, 0.29) is 17.4 Å². The number of benzene rings is 1. The molecule has 1 N–H and O–H groups in total. The van der Waals surface area contributed by atoms with Crippen molar-refractivity contribution in [2.24, 2.45) is 5.92 Å². The smallest absolute Gasteiger partial charge is 0.422 e. The van der Waals surface area contributed by atoms with E-state index in [9.17, 15) is 18.0 Å². The van der Waals surface area contributed by atoms with Gasteiger partial charge in [-0.15, -0.1) is 0 Å². The SMILES string of the molecule is CNC(=O)CN(CCc1ccc(OCC(F)(F)F)c(OC)c1)CC1CC1. The van der Waals surface area contributed by atoms with Crippen LogP contribution in [0.25, 0.3) is 0 Å². The summed E-state index contributed by atoms with van der Waals surface area (Å²) in [5.41, 5.74) is 0.916. The van der Waals surface area contributed by atoms with Crippen molar-refractivity contribution in [1.82, 2.24) is 10.2 Å². The van der Waals surface area contributed by atoms with Gasteiger partial charge in [-0.3, -0.25) is 9.69 Å². The third-order valence-electron chi connectivity index (χ3n) is 4.20. The molecular formula is C18H25F3N2O3. The van der Waals surface area contributed by atoms with Gasteiger partial charge in [0.25, 0.3) is 0 Å². The van der Waals surface area contributed by atoms with Crippen molar-refractivity contribution in [3.05, 3.63) is 23.8 Å². The number of methoxy groups -OCH3 is 1. The molecule has 1 aliphatic carbocycles. The lowest BCUT2D eigenvalue weighted by molar-refractivity contribution is -0.153. The number of likely N-dealkylation sites (N-methyl/N-ethyl adjacent to an activating group) is 1. The molecule has 0 spiro atoms. The summed E-state index contributed by atoms with van der Waals surface area (Å²) >= 11 is 0. The predicted molar refractivity (Wildman–Crippen MR) is 91.5 cm³/mol. The zero-order valence-electron chi connectivity index (χ0n) is 15.1. The fourth-order valence-electron chi connectivity index (χ4n) is 2.62. The number of carbonyl (C=O) groups excluding carboxylic acids is 1. The Morgan fingerprint density at radius 3 is 2.62 bits per heavy atom. The van der Waals surface area contributed by atoms with Crippen molar-refractivity contribution in [1.29, 1.82) is 0 Å². The minimum absolute atomic E-state index is 0.0286. The van der Waals surface area contributed by atoms with Crippen LogP contribution in [-0.2, 0) is 11.2 Å². The molecule has 0 saturated heterocycles. The van der Waals surface area contributed by atoms with E-state index in [1.807, 2.05) is 0 Å². The number of nitrogens with one attached hydrogen (secondary N) is 1. The van der Waals surface area contributed by atoms with E-state index in [4.69, 9.17) is 9.47 Å². The van der Waals surface area contributed by atoms with Crippen LogP contribution >= 0.6 is 0 Å². The molecule has 1 amide bonds. The Morgan fingerprint density at radius 1 is 1.31 bits per heavy atom. The molecule has 0 heterocycles. The summed E-state index contributed by atoms with van der Waals surface area (Å²) in [4.78, 5) is 13.8. The fraction of sp³-hybridized carbons (Fsp3) is 0.611. The Labute approximate surface area is 151 Å². The zero-order valence-corrected chi connectivity index (χ0v) is 15.1. The standard InChI is InChI=1S/C18H25F3N2O3/c1-22-17(24)11-23(10-14-3-4-14)8-7-13-5-6-15(16(9-13)25-2)26-12-18(19,20)21/h5-6,9,14H,3-4,7-8,10-12H2,1-2H3,(H,22,24). The molecule has 0 bridgehead atoms. The van der Waals surface area contributed by atoms with Crippen molar-refractivity contribution in [2.75, 3.05) is 40.4 Å². The summed E-state index contributed by atoms with van der Waals surface area (Å²) in [7, 11) is 3.01. The van der Waals surface area contributed by atoms with Crippen LogP contribution in [0, 0.1) is 5.92 Å². The Morgan fingerprint density at radius 2 is 2.04 bits per heavy atom. The molecule has 8 heteroatoms. The van der Waals surface area contributed by atoms with Gasteiger partial charge in [-0.25, -0.2) is 0 Å². The summed E-state index contributed by atoms with van der Waals surface area (Å²) in [5.74, 6) is 0.965. The van der Waals surface area contributed by atoms with Gasteiger partial charge >= 0.3 is 6.18 Å². The zero-order chi connectivity index (χ0) is 19.2. The quantitative estimate of drug-likeness (QED) is 0.684. The highest BCUT2D eigenvalue weighted by molar-refractivity contribution is 5.77. The number of hydrogen-bond acceptors (Lipinski definition) is 4. The molecule has 0 radical (unpaired) electrons. The van der Waals surface area contributed by atoms with Gasteiger partial charge < -0.3 is 14.8 Å². The third kappa shape index (κ3) is 7.11. The van der Waals surface area contributed by atoms with Crippen molar-refractivity contribution >= 4 is 5.91 Å². The van der Waals surface area contributed by atoms with Gasteiger partial charge in [-0.05, 0) is 42.9 Å². The Balaban J connectivity index is 1.95. The molecule has 5 nitrogen and oxygen atoms in total. The van der Waals surface area contributed by atoms with E-state index in [2.05, 4.69) is 10.2 Å². The van der Waals surface area contributed by atoms with Gasteiger partial charge in [0, 0.05) is 20.1 Å². The van der Waals surface area contributed by atoms with Crippen molar-refractivity contribution in [2.45, 2.75) is 25.4 Å². The van der Waals surface area contributed by atoms with E-state index in [1.165, 1.54) is 26.0 Å². The van der Waals surface area contributed by atoms with Gasteiger partial charge in [0.2, 0.25) is 5.91 Å². The summed E-state index contributed by atoms with van der Waals surface area (Å²) < 4.78 is 46.8. The first-order chi connectivity index (χ1) is 12.3. The lowest BCUT2D eigenvalue weighted by Crippen LogP contribution is -2.38. The minimum atomic E-state index is -4.40. The second-order valence-electron chi connectivity index (χ2n) is 6.49. The summed E-state index contributed by atoms with van der Waals surface area (Å²) in [6.45, 7) is 0.564. The molecule has 0 unspecified atom stereocenters. The highest BCUT2D eigenvalue weighted by Gasteiger charge is 2.29. The highest BCUT2D eigenvalue weighted by atomic mass is 19.4. The molecule has 1 aromatic carbocycles. The third-order valence-corrected chi connectivity index (χ3v) is 4.20. The molecule has 0 aromatic heterocycles. The van der Waals surface area contributed by atoms with Gasteiger partial charge in [-0.2, -0.15) is 13.2 Å². The normalized spacial score (nSPS) is 14.4. The number of carbonyl (C=O) groups is 1. The molecule has 1 saturated carbocycles. The van der Waals surface area contributed by atoms with Crippen LogP contribution in [0.2, 0.25) is 0 Å². The second-order valence-corrected chi connectivity index (χ2v) is 6.49. The lowest BCUT2D eigenvalue weighted by Gasteiger charge is -2.21. The Hall–Kier alpha value is -1.96. The van der Waals surface area contributed by atoms with E-state index in [1.54, 1.807) is 19.2 Å². The fourth-order valence-corrected chi connectivity index (χ4v) is 2.62. The molecule has 1 aliphatic rings. The molecule has 2 rings (SSSR count). The molecule has 146 valence electrons. The first kappa shape index (κ1) is 20.4. The summed E-state index contributed by atoms with van der Waals surface area (Å²) in [6, 6.07) is 4.90. The summed E-state index contributed by atoms with van der Waals surface area (Å²) in [6.07, 6.45) is -1.33. The first-order valence-corrected chi connectivity index (χ1v) is 8.60. The largest absolute Gasteiger partial charge is 0.493 e. The maximum absolute atomic E-state index is 12.3. The molecule has 1 aromatic rings. The number of hydrogen-bond donors (Lipinski definition) is 1. The van der Waals surface area contributed by atoms with E-state index >= 15 is 0 Å². The second kappa shape index (κ2) is 9.12. The van der Waals surface area contributed by atoms with Crippen LogP contribution < -0.4 is 14.8 Å². The maximum Gasteiger partial charge on any atom is 0.422 e. The van der Waals surface area contributed by atoms with Crippen LogP contribution in [-0.4, -0.2) is 57.4 Å². The molecule has 26 heavy (non-hydrogen) atoms. The molecular weight excluding hydrogens is 349 g/mol. The molecule has 1 fully saturated rings. The predicted octanol–water partition coefficient (Wildman–Crippen LogP) is 2.64. The van der Waals surface area contributed by atoms with Crippen LogP contribution in [0.1, 0.15) is 18.4 Å². The van der Waals surface area contributed by atoms with E-state index < -0.39 is 12.8 Å². The number of ether oxygens (including phenoxy) is 2. The monoisotopic (exact) mass is 374 g/mol. The van der Waals surface area contributed by atoms with Crippen molar-refractivity contribution in [3.63, 3.8) is 0 Å². The van der Waals surface area contributed by atoms with E-state index in [0.29, 0.717) is 25.4 Å². The summed E-state index contributed by atoms with van der Waals surface area (Å²) in [5, 5.41) is 2.63. The van der Waals surface area contributed by atoms with Crippen LogP contribution in [0.5, 0.6) is 11.5 Å². The first-order valence-electron chi connectivity index (χ1n) is 8.60. The van der Waals surface area contributed by atoms with Crippen LogP contribution in [0.3, 0.4) is 0 Å². The van der Waals surface area contributed by atoms with Gasteiger partial charge in [0.05, 0.1) is 13.7 Å². The van der Waals surface area contributed by atoms with Gasteiger partial charge in [0.15, 0.2) is 18.1 Å². The average molecular weight is 374 g/mol. The number of halogens is 3. The average Bonchev–Trinajstić information content (AvgIpc) is 3.41.